The Bertz CT molecular complexity index is 324. The zero-order chi connectivity index (χ0) is 15.5. The number of hydrogen-bond acceptors (Lipinski definition) is 4. The van der Waals surface area contributed by atoms with Crippen LogP contribution in [-0.4, -0.2) is 73.5 Å². The van der Waals surface area contributed by atoms with Crippen molar-refractivity contribution in [2.24, 2.45) is 11.3 Å². The van der Waals surface area contributed by atoms with Crippen LogP contribution in [0.4, 0.5) is 0 Å². The van der Waals surface area contributed by atoms with Crippen LogP contribution < -0.4 is 0 Å². The molecule has 2 rings (SSSR count). The van der Waals surface area contributed by atoms with Crippen LogP contribution in [0, 0.1) is 11.3 Å². The SMILES string of the molecule is CC1CC(OCC(O)CN2CCN(C)CC2)CC(C)(C)C1.Cl.Cl. The molecule has 2 aliphatic rings. The van der Waals surface area contributed by atoms with Gasteiger partial charge in [0, 0.05) is 32.7 Å². The Hall–Kier alpha value is 0.420. The fourth-order valence-corrected chi connectivity index (χ4v) is 4.01. The molecule has 23 heavy (non-hydrogen) atoms. The first-order valence-corrected chi connectivity index (χ1v) is 8.54. The van der Waals surface area contributed by atoms with E-state index in [0.29, 0.717) is 18.1 Å². The second-order valence-electron chi connectivity index (χ2n) is 8.13. The number of aliphatic hydroxyl groups excluding tert-OH is 1. The smallest absolute Gasteiger partial charge is 0.0900 e. The standard InChI is InChI=1S/C17H34N2O2.2ClH/c1-14-9-16(11-17(2,3)10-14)21-13-15(20)12-19-7-5-18(4)6-8-19;;/h14-16,20H,5-13H2,1-4H3;2*1H. The van der Waals surface area contributed by atoms with E-state index in [9.17, 15) is 5.11 Å². The zero-order valence-electron chi connectivity index (χ0n) is 15.2. The molecule has 2 fully saturated rings. The molecule has 1 heterocycles. The van der Waals surface area contributed by atoms with E-state index in [4.69, 9.17) is 4.74 Å². The van der Waals surface area contributed by atoms with Crippen molar-refractivity contribution in [3.8, 4) is 0 Å². The molecule has 1 saturated carbocycles. The topological polar surface area (TPSA) is 35.9 Å². The van der Waals surface area contributed by atoms with E-state index >= 15 is 0 Å². The van der Waals surface area contributed by atoms with Gasteiger partial charge in [-0.15, -0.1) is 24.8 Å². The molecule has 1 aliphatic heterocycles. The van der Waals surface area contributed by atoms with Gasteiger partial charge in [-0.25, -0.2) is 0 Å². The van der Waals surface area contributed by atoms with E-state index in [-0.39, 0.29) is 30.9 Å². The largest absolute Gasteiger partial charge is 0.389 e. The van der Waals surface area contributed by atoms with Gasteiger partial charge >= 0.3 is 0 Å². The lowest BCUT2D eigenvalue weighted by Gasteiger charge is -2.39. The highest BCUT2D eigenvalue weighted by Gasteiger charge is 2.32. The number of rotatable bonds is 5. The molecule has 0 amide bonds. The van der Waals surface area contributed by atoms with Crippen LogP contribution in [-0.2, 0) is 4.74 Å². The highest BCUT2D eigenvalue weighted by Crippen LogP contribution is 2.39. The third-order valence-corrected chi connectivity index (χ3v) is 4.94. The van der Waals surface area contributed by atoms with Gasteiger partial charge in [-0.3, -0.25) is 4.90 Å². The van der Waals surface area contributed by atoms with Gasteiger partial charge in [0.2, 0.25) is 0 Å². The van der Waals surface area contributed by atoms with E-state index in [1.165, 1.54) is 6.42 Å². The van der Waals surface area contributed by atoms with Crippen LogP contribution in [0.15, 0.2) is 0 Å². The predicted octanol–water partition coefficient (Wildman–Crippen LogP) is 2.67. The van der Waals surface area contributed by atoms with E-state index < -0.39 is 0 Å². The third-order valence-electron chi connectivity index (χ3n) is 4.94. The van der Waals surface area contributed by atoms with E-state index in [1.807, 2.05) is 0 Å². The maximum atomic E-state index is 10.2. The average Bonchev–Trinajstić information content (AvgIpc) is 2.37. The van der Waals surface area contributed by atoms with Crippen LogP contribution >= 0.6 is 24.8 Å². The van der Waals surface area contributed by atoms with Crippen molar-refractivity contribution in [2.75, 3.05) is 46.4 Å². The normalized spacial score (nSPS) is 30.1. The molecule has 6 heteroatoms. The summed E-state index contributed by atoms with van der Waals surface area (Å²) in [5.74, 6) is 0.730. The fraction of sp³-hybridized carbons (Fsp3) is 1.00. The van der Waals surface area contributed by atoms with E-state index in [1.54, 1.807) is 0 Å². The predicted molar refractivity (Wildman–Crippen MR) is 101 cm³/mol. The Morgan fingerprint density at radius 1 is 1.13 bits per heavy atom. The van der Waals surface area contributed by atoms with Crippen LogP contribution in [0.25, 0.3) is 0 Å². The second-order valence-corrected chi connectivity index (χ2v) is 8.13. The number of likely N-dealkylation sites (N-methyl/N-ethyl adjacent to an activating group) is 1. The van der Waals surface area contributed by atoms with Gasteiger partial charge in [-0.2, -0.15) is 0 Å². The molecule has 4 nitrogen and oxygen atoms in total. The summed E-state index contributed by atoms with van der Waals surface area (Å²) in [7, 11) is 2.16. The molecule has 1 aliphatic carbocycles. The minimum Gasteiger partial charge on any atom is -0.389 e. The summed E-state index contributed by atoms with van der Waals surface area (Å²) in [6.07, 6.45) is 3.53. The minimum atomic E-state index is -0.353. The van der Waals surface area contributed by atoms with Gasteiger partial charge in [-0.1, -0.05) is 20.8 Å². The van der Waals surface area contributed by atoms with Gasteiger partial charge in [-0.05, 0) is 37.6 Å². The lowest BCUT2D eigenvalue weighted by Crippen LogP contribution is -2.47. The maximum absolute atomic E-state index is 10.2. The molecule has 1 saturated heterocycles. The summed E-state index contributed by atoms with van der Waals surface area (Å²) >= 11 is 0. The number of halogens is 2. The van der Waals surface area contributed by atoms with Crippen molar-refractivity contribution in [3.63, 3.8) is 0 Å². The second kappa shape index (κ2) is 10.4. The molecule has 0 radical (unpaired) electrons. The molecule has 1 N–H and O–H groups in total. The number of ether oxygens (including phenoxy) is 1. The number of aliphatic hydroxyl groups is 1. The fourth-order valence-electron chi connectivity index (χ4n) is 4.01. The molecular formula is C17H36Cl2N2O2. The van der Waals surface area contributed by atoms with Crippen molar-refractivity contribution in [3.05, 3.63) is 0 Å². The number of β-amino-alcohol motifs (C(OH)–C–C–N with tert-alkyl or cyclic N) is 1. The first-order chi connectivity index (χ1) is 9.84. The van der Waals surface area contributed by atoms with Gasteiger partial charge in [0.05, 0.1) is 18.8 Å². The van der Waals surface area contributed by atoms with Crippen molar-refractivity contribution in [1.82, 2.24) is 9.80 Å². The Kier molecular flexibility index (Phi) is 10.6. The van der Waals surface area contributed by atoms with Gasteiger partial charge in [0.1, 0.15) is 0 Å². The van der Waals surface area contributed by atoms with Gasteiger partial charge < -0.3 is 14.7 Å². The molecule has 3 unspecified atom stereocenters. The molecule has 3 atom stereocenters. The molecule has 0 bridgehead atoms. The summed E-state index contributed by atoms with van der Waals surface area (Å²) in [5.41, 5.74) is 0.380. The van der Waals surface area contributed by atoms with E-state index in [0.717, 1.165) is 51.5 Å². The van der Waals surface area contributed by atoms with Crippen molar-refractivity contribution < 1.29 is 9.84 Å². The first-order valence-electron chi connectivity index (χ1n) is 8.54. The van der Waals surface area contributed by atoms with Crippen LogP contribution in [0.2, 0.25) is 0 Å². The summed E-state index contributed by atoms with van der Waals surface area (Å²) in [5, 5.41) is 10.2. The molecule has 0 aromatic heterocycles. The monoisotopic (exact) mass is 370 g/mol. The van der Waals surface area contributed by atoms with Crippen LogP contribution in [0.1, 0.15) is 40.0 Å². The lowest BCUT2D eigenvalue weighted by molar-refractivity contribution is -0.0630. The van der Waals surface area contributed by atoms with Gasteiger partial charge in [0.25, 0.3) is 0 Å². The Morgan fingerprint density at radius 2 is 1.74 bits per heavy atom. The summed E-state index contributed by atoms with van der Waals surface area (Å²) in [6.45, 7) is 12.5. The number of nitrogens with zero attached hydrogens (tertiary/aromatic N) is 2. The molecular weight excluding hydrogens is 335 g/mol. The third kappa shape index (κ3) is 8.37. The highest BCUT2D eigenvalue weighted by atomic mass is 35.5. The Labute approximate surface area is 154 Å². The highest BCUT2D eigenvalue weighted by molar-refractivity contribution is 5.85. The van der Waals surface area contributed by atoms with Crippen molar-refractivity contribution in [1.29, 1.82) is 0 Å². The van der Waals surface area contributed by atoms with Crippen LogP contribution in [0.3, 0.4) is 0 Å². The molecule has 0 aromatic rings. The maximum Gasteiger partial charge on any atom is 0.0900 e. The Morgan fingerprint density at radius 3 is 2.30 bits per heavy atom. The minimum absolute atomic E-state index is 0. The average molecular weight is 371 g/mol. The summed E-state index contributed by atoms with van der Waals surface area (Å²) < 4.78 is 6.03. The lowest BCUT2D eigenvalue weighted by atomic mass is 9.71. The molecule has 140 valence electrons. The first kappa shape index (κ1) is 23.4. The summed E-state index contributed by atoms with van der Waals surface area (Å²) in [4.78, 5) is 4.69. The number of piperazine rings is 1. The summed E-state index contributed by atoms with van der Waals surface area (Å²) in [6, 6.07) is 0. The molecule has 0 spiro atoms. The Balaban J connectivity index is 0.00000242. The number of hydrogen-bond donors (Lipinski definition) is 1. The zero-order valence-corrected chi connectivity index (χ0v) is 16.8. The van der Waals surface area contributed by atoms with Crippen molar-refractivity contribution in [2.45, 2.75) is 52.2 Å². The van der Waals surface area contributed by atoms with E-state index in [2.05, 4.69) is 37.6 Å². The van der Waals surface area contributed by atoms with Crippen molar-refractivity contribution >= 4 is 24.8 Å². The van der Waals surface area contributed by atoms with Gasteiger partial charge in [0.15, 0.2) is 0 Å². The van der Waals surface area contributed by atoms with Crippen LogP contribution in [0.5, 0.6) is 0 Å². The quantitative estimate of drug-likeness (QED) is 0.806. The molecule has 0 aromatic carbocycles.